The average Bonchev–Trinajstić information content (AvgIpc) is 3.48. The molecule has 0 saturated carbocycles. The lowest BCUT2D eigenvalue weighted by Crippen LogP contribution is -2.29. The smallest absolute Gasteiger partial charge is 0.0618 e. The van der Waals surface area contributed by atoms with Gasteiger partial charge in [0.05, 0.1) is 5.69 Å². The molecule has 0 spiro atoms. The van der Waals surface area contributed by atoms with Gasteiger partial charge in [0.25, 0.3) is 0 Å². The quantitative estimate of drug-likeness (QED) is 0.193. The zero-order valence-electron chi connectivity index (χ0n) is 27.6. The number of benzene rings is 6. The summed E-state index contributed by atoms with van der Waals surface area (Å²) in [6, 6.07) is 49.5. The molecule has 1 unspecified atom stereocenters. The molecule has 6 aromatic carbocycles. The van der Waals surface area contributed by atoms with Crippen LogP contribution in [0.1, 0.15) is 56.4 Å². The van der Waals surface area contributed by atoms with Crippen LogP contribution in [0.15, 0.2) is 151 Å². The minimum absolute atomic E-state index is 0.0417. The highest BCUT2D eigenvalue weighted by Crippen LogP contribution is 2.58. The Labute approximate surface area is 278 Å². The predicted molar refractivity (Wildman–Crippen MR) is 199 cm³/mol. The van der Waals surface area contributed by atoms with Crippen molar-refractivity contribution >= 4 is 27.7 Å². The van der Waals surface area contributed by atoms with E-state index in [0.717, 1.165) is 6.42 Å². The Hall–Kier alpha value is -5.14. The van der Waals surface area contributed by atoms with E-state index in [-0.39, 0.29) is 10.8 Å². The van der Waals surface area contributed by atoms with Crippen LogP contribution in [0.3, 0.4) is 0 Å². The van der Waals surface area contributed by atoms with Gasteiger partial charge in [-0.15, -0.1) is 0 Å². The first kappa shape index (κ1) is 28.1. The number of hydrogen-bond acceptors (Lipinski definition) is 1. The molecule has 0 saturated heterocycles. The summed E-state index contributed by atoms with van der Waals surface area (Å²) in [6.07, 6.45) is 5.80. The molecular weight excluding hydrogens is 567 g/mol. The third-order valence-electron chi connectivity index (χ3n) is 11.4. The molecule has 0 aliphatic heterocycles. The van der Waals surface area contributed by atoms with Crippen LogP contribution in [0.5, 0.6) is 0 Å². The van der Waals surface area contributed by atoms with Gasteiger partial charge in [-0.2, -0.15) is 0 Å². The molecule has 0 amide bonds. The summed E-state index contributed by atoms with van der Waals surface area (Å²) in [6.45, 7) is 9.66. The minimum Gasteiger partial charge on any atom is -0.313 e. The Morgan fingerprint density at radius 2 is 1.21 bits per heavy atom. The molecule has 0 heterocycles. The molecule has 47 heavy (non-hydrogen) atoms. The van der Waals surface area contributed by atoms with Gasteiger partial charge in [-0.1, -0.05) is 149 Å². The molecule has 9 rings (SSSR count). The number of hydrogen-bond donors (Lipinski definition) is 0. The zero-order chi connectivity index (χ0) is 31.9. The van der Waals surface area contributed by atoms with E-state index < -0.39 is 0 Å². The van der Waals surface area contributed by atoms with Gasteiger partial charge in [-0.05, 0) is 91.9 Å². The van der Waals surface area contributed by atoms with Crippen LogP contribution in [-0.2, 0) is 10.8 Å². The number of anilines is 2. The van der Waals surface area contributed by atoms with Gasteiger partial charge in [0.2, 0.25) is 0 Å². The Morgan fingerprint density at radius 3 is 2.00 bits per heavy atom. The molecule has 0 bridgehead atoms. The Morgan fingerprint density at radius 1 is 0.574 bits per heavy atom. The number of rotatable bonds is 4. The fraction of sp³-hybridized carbons (Fsp3) is 0.174. The third kappa shape index (κ3) is 4.09. The summed E-state index contributed by atoms with van der Waals surface area (Å²) >= 11 is 0. The van der Waals surface area contributed by atoms with E-state index in [1.807, 2.05) is 0 Å². The molecule has 1 nitrogen and oxygen atoms in total. The first-order valence-electron chi connectivity index (χ1n) is 17.0. The van der Waals surface area contributed by atoms with E-state index in [0.29, 0.717) is 5.92 Å². The maximum absolute atomic E-state index is 2.61. The zero-order valence-corrected chi connectivity index (χ0v) is 27.6. The number of allylic oxidation sites excluding steroid dienone is 4. The van der Waals surface area contributed by atoms with Crippen LogP contribution in [-0.4, -0.2) is 0 Å². The molecule has 0 fully saturated rings. The molecule has 0 radical (unpaired) electrons. The van der Waals surface area contributed by atoms with Gasteiger partial charge >= 0.3 is 0 Å². The van der Waals surface area contributed by atoms with E-state index in [4.69, 9.17) is 0 Å². The van der Waals surface area contributed by atoms with Gasteiger partial charge in [-0.25, -0.2) is 0 Å². The van der Waals surface area contributed by atoms with Crippen LogP contribution < -0.4 is 4.90 Å². The molecular formula is C46H39N. The van der Waals surface area contributed by atoms with Crippen molar-refractivity contribution in [3.05, 3.63) is 174 Å². The molecule has 6 aromatic rings. The van der Waals surface area contributed by atoms with Crippen LogP contribution >= 0.6 is 0 Å². The van der Waals surface area contributed by atoms with Crippen molar-refractivity contribution in [2.45, 2.75) is 44.9 Å². The highest BCUT2D eigenvalue weighted by Gasteiger charge is 2.45. The van der Waals surface area contributed by atoms with Crippen LogP contribution in [0.4, 0.5) is 11.4 Å². The first-order valence-corrected chi connectivity index (χ1v) is 17.0. The van der Waals surface area contributed by atoms with Gasteiger partial charge in [0.1, 0.15) is 0 Å². The maximum atomic E-state index is 2.61. The average molecular weight is 606 g/mol. The fourth-order valence-electron chi connectivity index (χ4n) is 8.85. The summed E-state index contributed by atoms with van der Waals surface area (Å²) in [4.78, 5) is 2.61. The molecule has 1 heteroatoms. The van der Waals surface area contributed by atoms with Gasteiger partial charge in [-0.3, -0.25) is 0 Å². The minimum atomic E-state index is -0.101. The third-order valence-corrected chi connectivity index (χ3v) is 11.4. The summed E-state index contributed by atoms with van der Waals surface area (Å²) in [7, 11) is 0. The van der Waals surface area contributed by atoms with Crippen LogP contribution in [0.2, 0.25) is 0 Å². The Bertz CT molecular complexity index is 2260. The lowest BCUT2D eigenvalue weighted by Gasteiger charge is -2.37. The van der Waals surface area contributed by atoms with E-state index >= 15 is 0 Å². The lowest BCUT2D eigenvalue weighted by molar-refractivity contribution is 0.406. The summed E-state index contributed by atoms with van der Waals surface area (Å²) in [5.74, 6) is 0.401. The molecule has 0 N–H and O–H groups in total. The molecule has 3 aliphatic carbocycles. The van der Waals surface area contributed by atoms with Gasteiger partial charge in [0.15, 0.2) is 0 Å². The van der Waals surface area contributed by atoms with Crippen molar-refractivity contribution < 1.29 is 0 Å². The Kier molecular flexibility index (Phi) is 6.09. The normalized spacial score (nSPS) is 18.1. The highest BCUT2D eigenvalue weighted by atomic mass is 15.2. The monoisotopic (exact) mass is 605 g/mol. The van der Waals surface area contributed by atoms with Gasteiger partial charge in [0, 0.05) is 27.7 Å². The van der Waals surface area contributed by atoms with E-state index in [1.54, 1.807) is 0 Å². The number of nitrogens with zero attached hydrogens (tertiary/aromatic N) is 1. The topological polar surface area (TPSA) is 3.24 Å². The maximum Gasteiger partial charge on any atom is 0.0618 e. The first-order chi connectivity index (χ1) is 22.8. The van der Waals surface area contributed by atoms with E-state index in [2.05, 4.69) is 178 Å². The van der Waals surface area contributed by atoms with Crippen molar-refractivity contribution in [1.29, 1.82) is 0 Å². The van der Waals surface area contributed by atoms with Crippen molar-refractivity contribution in [2.24, 2.45) is 5.92 Å². The number of fused-ring (bicyclic) bond motifs is 7. The van der Waals surface area contributed by atoms with Crippen molar-refractivity contribution in [2.75, 3.05) is 4.90 Å². The molecule has 0 aromatic heterocycles. The van der Waals surface area contributed by atoms with Gasteiger partial charge < -0.3 is 4.90 Å². The SMILES string of the molecule is CC1(C)c2ccccc2-c2c1cc1ccccc1c2N(C1=CC=C2c3ccccc3C(C)(C)C2C1)c1ccc(-c2ccccc2)cc1. The van der Waals surface area contributed by atoms with Crippen molar-refractivity contribution in [3.63, 3.8) is 0 Å². The van der Waals surface area contributed by atoms with Crippen molar-refractivity contribution in [1.82, 2.24) is 0 Å². The molecule has 228 valence electrons. The molecule has 1 atom stereocenters. The molecule has 3 aliphatic rings. The van der Waals surface area contributed by atoms with Crippen molar-refractivity contribution in [3.8, 4) is 22.3 Å². The largest absolute Gasteiger partial charge is 0.313 e. The predicted octanol–water partition coefficient (Wildman–Crippen LogP) is 12.2. The second-order valence-electron chi connectivity index (χ2n) is 14.6. The summed E-state index contributed by atoms with van der Waals surface area (Å²) in [5, 5.41) is 2.57. The van der Waals surface area contributed by atoms with Crippen LogP contribution in [0, 0.1) is 5.92 Å². The second kappa shape index (κ2) is 10.2. The summed E-state index contributed by atoms with van der Waals surface area (Å²) in [5.41, 5.74) is 16.1. The Balaban J connectivity index is 1.31. The summed E-state index contributed by atoms with van der Waals surface area (Å²) < 4.78 is 0. The highest BCUT2D eigenvalue weighted by molar-refractivity contribution is 6.08. The second-order valence-corrected chi connectivity index (χ2v) is 14.6. The van der Waals surface area contributed by atoms with E-state index in [9.17, 15) is 0 Å². The van der Waals surface area contributed by atoms with E-state index in [1.165, 1.54) is 77.9 Å². The fourth-order valence-corrected chi connectivity index (χ4v) is 8.85. The lowest BCUT2D eigenvalue weighted by atomic mass is 9.73. The van der Waals surface area contributed by atoms with Crippen LogP contribution in [0.25, 0.3) is 38.6 Å². The standard InChI is InChI=1S/C46H39N/c1-45(2)39-20-12-10-18-36(39)37-27-26-34(29-41(37)45)47(33-24-22-31(23-25-33)30-14-6-5-7-15-30)44-35-17-9-8-16-32(35)28-42-43(44)38-19-11-13-21-40(38)46(42,3)4/h5-28,41H,29H2,1-4H3.